The minimum atomic E-state index is -0.293. The first kappa shape index (κ1) is 28.2. The summed E-state index contributed by atoms with van der Waals surface area (Å²) in [5.74, 6) is 2.17. The maximum Gasteiger partial charge on any atom is 0.235 e. The molecule has 1 aliphatic rings. The van der Waals surface area contributed by atoms with E-state index in [-0.39, 0.29) is 23.2 Å². The maximum atomic E-state index is 12.9. The number of aromatic nitrogens is 3. The van der Waals surface area contributed by atoms with E-state index in [4.69, 9.17) is 4.74 Å². The fourth-order valence-corrected chi connectivity index (χ4v) is 7.03. The number of thiophene rings is 1. The highest BCUT2D eigenvalue weighted by Crippen LogP contribution is 2.44. The first-order valence-electron chi connectivity index (χ1n) is 13.2. The lowest BCUT2D eigenvalue weighted by atomic mass is 9.72. The van der Waals surface area contributed by atoms with Gasteiger partial charge in [0.25, 0.3) is 0 Å². The Morgan fingerprint density at radius 2 is 2.11 bits per heavy atom. The van der Waals surface area contributed by atoms with Gasteiger partial charge in [0.15, 0.2) is 17.1 Å². The summed E-state index contributed by atoms with van der Waals surface area (Å²) in [5, 5.41) is 22.9. The van der Waals surface area contributed by atoms with Gasteiger partial charge in [0.05, 0.1) is 11.3 Å². The van der Waals surface area contributed by atoms with Crippen molar-refractivity contribution in [1.82, 2.24) is 14.8 Å². The average molecular weight is 552 g/mol. The van der Waals surface area contributed by atoms with Crippen LogP contribution in [0.3, 0.4) is 0 Å². The lowest BCUT2D eigenvalue weighted by Gasteiger charge is -2.33. The molecule has 4 rings (SSSR count). The molecule has 1 aromatic carbocycles. The lowest BCUT2D eigenvalue weighted by Crippen LogP contribution is -2.26. The van der Waals surface area contributed by atoms with Crippen molar-refractivity contribution in [2.75, 3.05) is 11.1 Å². The fraction of sp³-hybridized carbons (Fsp3) is 0.517. The third-order valence-corrected chi connectivity index (χ3v) is 9.61. The van der Waals surface area contributed by atoms with Crippen LogP contribution in [0, 0.1) is 36.5 Å². The second-order valence-electron chi connectivity index (χ2n) is 11.0. The molecule has 0 saturated carbocycles. The van der Waals surface area contributed by atoms with Gasteiger partial charge in [0.1, 0.15) is 16.8 Å². The quantitative estimate of drug-likeness (QED) is 0.307. The molecule has 2 atom stereocenters. The Morgan fingerprint density at radius 3 is 2.79 bits per heavy atom. The molecule has 0 aliphatic heterocycles. The summed E-state index contributed by atoms with van der Waals surface area (Å²) in [7, 11) is 0. The molecular formula is C29H37N5O2S2. The molecule has 1 N–H and O–H groups in total. The summed E-state index contributed by atoms with van der Waals surface area (Å²) >= 11 is 2.91. The molecule has 3 aromatic rings. The van der Waals surface area contributed by atoms with Crippen molar-refractivity contribution in [3.05, 3.63) is 51.2 Å². The van der Waals surface area contributed by atoms with Crippen LogP contribution in [0.5, 0.6) is 5.75 Å². The van der Waals surface area contributed by atoms with E-state index >= 15 is 0 Å². The first-order valence-corrected chi connectivity index (χ1v) is 15.0. The first-order chi connectivity index (χ1) is 18.0. The van der Waals surface area contributed by atoms with E-state index in [2.05, 4.69) is 55.3 Å². The number of benzene rings is 1. The standard InChI is InChI=1S/C29H37N5O2S2/c1-8-34-26(19(4)36-23-11-9-10-17(2)18(23)3)32-33-28(34)37-16-25(35)31-27-22(15-30)21-13-12-20(29(5,6)7)14-24(21)38-27/h9-11,19-20H,8,12-14,16H2,1-7H3,(H,31,35)/t19-,20+/m1/s1. The van der Waals surface area contributed by atoms with Gasteiger partial charge in [-0.3, -0.25) is 4.79 Å². The number of carbonyl (C=O) groups is 1. The van der Waals surface area contributed by atoms with Crippen molar-refractivity contribution in [3.63, 3.8) is 0 Å². The molecule has 1 aliphatic carbocycles. The SMILES string of the molecule is CCn1c(SCC(=O)Nc2sc3c(c2C#N)CC[C@H](C(C)(C)C)C3)nnc1[C@@H](C)Oc1cccc(C)c1C. The highest BCUT2D eigenvalue weighted by Gasteiger charge is 2.32. The van der Waals surface area contributed by atoms with Crippen LogP contribution >= 0.6 is 23.1 Å². The van der Waals surface area contributed by atoms with E-state index in [0.717, 1.165) is 42.0 Å². The Labute approximate surface area is 234 Å². The topological polar surface area (TPSA) is 92.8 Å². The number of nitrogens with zero attached hydrogens (tertiary/aromatic N) is 4. The number of hydrogen-bond acceptors (Lipinski definition) is 7. The summed E-state index contributed by atoms with van der Waals surface area (Å²) in [6.07, 6.45) is 2.64. The van der Waals surface area contributed by atoms with Crippen LogP contribution in [0.4, 0.5) is 5.00 Å². The second-order valence-corrected chi connectivity index (χ2v) is 13.1. The highest BCUT2D eigenvalue weighted by molar-refractivity contribution is 7.99. The van der Waals surface area contributed by atoms with Gasteiger partial charge in [-0.25, -0.2) is 0 Å². The van der Waals surface area contributed by atoms with Gasteiger partial charge in [0.2, 0.25) is 5.91 Å². The lowest BCUT2D eigenvalue weighted by molar-refractivity contribution is -0.113. The summed E-state index contributed by atoms with van der Waals surface area (Å²) in [6.45, 7) is 15.6. The number of amides is 1. The van der Waals surface area contributed by atoms with Crippen LogP contribution in [-0.2, 0) is 24.2 Å². The van der Waals surface area contributed by atoms with E-state index < -0.39 is 0 Å². The number of fused-ring (bicyclic) bond motifs is 1. The molecule has 9 heteroatoms. The molecule has 1 amide bonds. The third kappa shape index (κ3) is 5.92. The Balaban J connectivity index is 1.42. The molecule has 38 heavy (non-hydrogen) atoms. The van der Waals surface area contributed by atoms with Gasteiger partial charge in [-0.15, -0.1) is 21.5 Å². The van der Waals surface area contributed by atoms with E-state index in [1.165, 1.54) is 22.2 Å². The number of nitriles is 1. The molecule has 0 unspecified atom stereocenters. The van der Waals surface area contributed by atoms with Crippen molar-refractivity contribution in [2.45, 2.75) is 85.5 Å². The predicted molar refractivity (Wildman–Crippen MR) is 154 cm³/mol. The van der Waals surface area contributed by atoms with E-state index in [1.807, 2.05) is 37.5 Å². The molecule has 202 valence electrons. The maximum absolute atomic E-state index is 12.9. The summed E-state index contributed by atoms with van der Waals surface area (Å²) in [6, 6.07) is 8.36. The number of hydrogen-bond donors (Lipinski definition) is 1. The van der Waals surface area contributed by atoms with Crippen molar-refractivity contribution < 1.29 is 9.53 Å². The molecule has 0 saturated heterocycles. The monoisotopic (exact) mass is 551 g/mol. The second kappa shape index (κ2) is 11.5. The highest BCUT2D eigenvalue weighted by atomic mass is 32.2. The van der Waals surface area contributed by atoms with Crippen molar-refractivity contribution >= 4 is 34.0 Å². The molecule has 2 aromatic heterocycles. The predicted octanol–water partition coefficient (Wildman–Crippen LogP) is 6.87. The van der Waals surface area contributed by atoms with Gasteiger partial charge in [-0.2, -0.15) is 5.26 Å². The van der Waals surface area contributed by atoms with E-state index in [9.17, 15) is 10.1 Å². The molecule has 2 heterocycles. The number of anilines is 1. The Morgan fingerprint density at radius 1 is 1.34 bits per heavy atom. The van der Waals surface area contributed by atoms with Gasteiger partial charge >= 0.3 is 0 Å². The van der Waals surface area contributed by atoms with E-state index in [1.54, 1.807) is 11.3 Å². The van der Waals surface area contributed by atoms with Crippen molar-refractivity contribution in [1.29, 1.82) is 5.26 Å². The van der Waals surface area contributed by atoms with Crippen molar-refractivity contribution in [2.24, 2.45) is 11.3 Å². The van der Waals surface area contributed by atoms with Gasteiger partial charge in [-0.05, 0) is 81.0 Å². The summed E-state index contributed by atoms with van der Waals surface area (Å²) in [4.78, 5) is 14.2. The van der Waals surface area contributed by atoms with Crippen LogP contribution in [-0.4, -0.2) is 26.4 Å². The number of carbonyl (C=O) groups excluding carboxylic acids is 1. The number of thioether (sulfide) groups is 1. The zero-order chi connectivity index (χ0) is 27.6. The number of ether oxygens (including phenoxy) is 1. The van der Waals surface area contributed by atoms with Crippen LogP contribution < -0.4 is 10.1 Å². The van der Waals surface area contributed by atoms with Gasteiger partial charge in [0, 0.05) is 11.4 Å². The molecule has 0 spiro atoms. The largest absolute Gasteiger partial charge is 0.482 e. The van der Waals surface area contributed by atoms with Crippen LogP contribution in [0.1, 0.15) is 80.1 Å². The summed E-state index contributed by atoms with van der Waals surface area (Å²) in [5.41, 5.74) is 4.26. The van der Waals surface area contributed by atoms with Gasteiger partial charge in [-0.1, -0.05) is 44.7 Å². The normalized spacial score (nSPS) is 16.0. The molecular weight excluding hydrogens is 514 g/mol. The Hall–Kier alpha value is -2.83. The van der Waals surface area contributed by atoms with E-state index in [0.29, 0.717) is 28.2 Å². The number of rotatable bonds is 8. The van der Waals surface area contributed by atoms with Crippen LogP contribution in [0.2, 0.25) is 0 Å². The molecule has 0 radical (unpaired) electrons. The smallest absolute Gasteiger partial charge is 0.235 e. The van der Waals surface area contributed by atoms with Crippen LogP contribution in [0.15, 0.2) is 23.4 Å². The number of aryl methyl sites for hydroxylation is 1. The minimum absolute atomic E-state index is 0.149. The zero-order valence-corrected chi connectivity index (χ0v) is 25.0. The third-order valence-electron chi connectivity index (χ3n) is 7.47. The van der Waals surface area contributed by atoms with Crippen LogP contribution in [0.25, 0.3) is 0 Å². The molecule has 0 bridgehead atoms. The fourth-order valence-electron chi connectivity index (χ4n) is 4.92. The average Bonchev–Trinajstić information content (AvgIpc) is 3.44. The number of nitrogens with one attached hydrogen (secondary N) is 1. The van der Waals surface area contributed by atoms with Gasteiger partial charge < -0.3 is 14.6 Å². The minimum Gasteiger partial charge on any atom is -0.482 e. The zero-order valence-electron chi connectivity index (χ0n) is 23.3. The molecule has 7 nitrogen and oxygen atoms in total. The Kier molecular flexibility index (Phi) is 8.53. The summed E-state index contributed by atoms with van der Waals surface area (Å²) < 4.78 is 8.22. The van der Waals surface area contributed by atoms with Crippen molar-refractivity contribution in [3.8, 4) is 11.8 Å². The molecule has 0 fully saturated rings. The Bertz CT molecular complexity index is 1360.